The van der Waals surface area contributed by atoms with Crippen LogP contribution in [0.5, 0.6) is 0 Å². The molecule has 3 N–H and O–H groups in total. The Morgan fingerprint density at radius 1 is 1.16 bits per heavy atom. The van der Waals surface area contributed by atoms with Gasteiger partial charge in [-0.15, -0.1) is 12.4 Å². The molecule has 0 aliphatic heterocycles. The van der Waals surface area contributed by atoms with Crippen LogP contribution in [0.1, 0.15) is 41.1 Å². The molecular weight excluding hydrogens is 363 g/mol. The Balaban J connectivity index is 0.00000225. The van der Waals surface area contributed by atoms with Crippen LogP contribution in [0.15, 0.2) is 35.2 Å². The van der Waals surface area contributed by atoms with Crippen molar-refractivity contribution < 1.29 is 12.8 Å². The van der Waals surface area contributed by atoms with Gasteiger partial charge < -0.3 is 5.73 Å². The van der Waals surface area contributed by atoms with E-state index in [0.29, 0.717) is 16.8 Å². The van der Waals surface area contributed by atoms with E-state index in [2.05, 4.69) is 4.72 Å². The molecule has 25 heavy (non-hydrogen) atoms. The van der Waals surface area contributed by atoms with Crippen LogP contribution in [0.2, 0.25) is 0 Å². The zero-order valence-corrected chi connectivity index (χ0v) is 15.8. The van der Waals surface area contributed by atoms with Gasteiger partial charge in [-0.05, 0) is 79.6 Å². The van der Waals surface area contributed by atoms with Crippen LogP contribution in [0.4, 0.5) is 10.1 Å². The number of sulfonamides is 1. The highest BCUT2D eigenvalue weighted by Crippen LogP contribution is 2.33. The summed E-state index contributed by atoms with van der Waals surface area (Å²) in [5.74, 6) is -0.428. The number of halogens is 2. The highest BCUT2D eigenvalue weighted by molar-refractivity contribution is 7.89. The van der Waals surface area contributed by atoms with Crippen LogP contribution >= 0.6 is 12.4 Å². The van der Waals surface area contributed by atoms with Gasteiger partial charge in [-0.2, -0.15) is 0 Å². The van der Waals surface area contributed by atoms with Gasteiger partial charge in [-0.3, -0.25) is 0 Å². The summed E-state index contributed by atoms with van der Waals surface area (Å²) in [6.07, 6.45) is 2.52. The van der Waals surface area contributed by atoms with Crippen molar-refractivity contribution >= 4 is 28.1 Å². The molecule has 0 amide bonds. The third-order valence-electron chi connectivity index (χ3n) is 4.47. The lowest BCUT2D eigenvalue weighted by Crippen LogP contribution is -2.32. The zero-order chi connectivity index (χ0) is 17.5. The van der Waals surface area contributed by atoms with Crippen LogP contribution in [0, 0.1) is 19.7 Å². The molecule has 3 rings (SSSR count). The first-order valence-electron chi connectivity index (χ1n) is 7.95. The predicted molar refractivity (Wildman–Crippen MR) is 100.0 cm³/mol. The summed E-state index contributed by atoms with van der Waals surface area (Å²) in [6.45, 7) is 3.22. The van der Waals surface area contributed by atoms with E-state index >= 15 is 0 Å². The summed E-state index contributed by atoms with van der Waals surface area (Å²) >= 11 is 0. The lowest BCUT2D eigenvalue weighted by atomic mass is 9.88. The fraction of sp³-hybridized carbons (Fsp3) is 0.333. The third kappa shape index (κ3) is 3.97. The summed E-state index contributed by atoms with van der Waals surface area (Å²) in [5, 5.41) is 0. The van der Waals surface area contributed by atoms with Crippen LogP contribution in [-0.4, -0.2) is 8.42 Å². The fourth-order valence-corrected chi connectivity index (χ4v) is 5.23. The van der Waals surface area contributed by atoms with E-state index in [0.717, 1.165) is 30.4 Å². The van der Waals surface area contributed by atoms with Crippen molar-refractivity contribution in [2.45, 2.75) is 44.0 Å². The van der Waals surface area contributed by atoms with Crippen molar-refractivity contribution in [2.24, 2.45) is 0 Å². The molecule has 0 spiro atoms. The highest BCUT2D eigenvalue weighted by atomic mass is 35.5. The van der Waals surface area contributed by atoms with E-state index in [-0.39, 0.29) is 23.3 Å². The quantitative estimate of drug-likeness (QED) is 0.790. The summed E-state index contributed by atoms with van der Waals surface area (Å²) in [6, 6.07) is 7.79. The Labute approximate surface area is 154 Å². The minimum Gasteiger partial charge on any atom is -0.399 e. The second kappa shape index (κ2) is 7.32. The Bertz CT molecular complexity index is 877. The lowest BCUT2D eigenvalue weighted by molar-refractivity contribution is 0.506. The van der Waals surface area contributed by atoms with Crippen LogP contribution in [0.25, 0.3) is 0 Å². The largest absolute Gasteiger partial charge is 0.399 e. The number of nitrogen functional groups attached to an aromatic ring is 1. The summed E-state index contributed by atoms with van der Waals surface area (Å²) in [4.78, 5) is 0.159. The summed E-state index contributed by atoms with van der Waals surface area (Å²) < 4.78 is 42.0. The predicted octanol–water partition coefficient (Wildman–Crippen LogP) is 3.80. The normalized spacial score (nSPS) is 16.8. The van der Waals surface area contributed by atoms with E-state index in [4.69, 9.17) is 5.73 Å². The average molecular weight is 385 g/mol. The average Bonchev–Trinajstić information content (AvgIpc) is 2.45. The van der Waals surface area contributed by atoms with Gasteiger partial charge in [-0.1, -0.05) is 6.07 Å². The smallest absolute Gasteiger partial charge is 0.241 e. The Hall–Kier alpha value is -1.63. The van der Waals surface area contributed by atoms with E-state index in [1.165, 1.54) is 12.1 Å². The van der Waals surface area contributed by atoms with Gasteiger partial charge in [0.15, 0.2) is 0 Å². The van der Waals surface area contributed by atoms with Crippen molar-refractivity contribution in [2.75, 3.05) is 5.73 Å². The number of fused-ring (bicyclic) bond motifs is 1. The maximum Gasteiger partial charge on any atom is 0.241 e. The number of anilines is 1. The molecule has 0 aromatic heterocycles. The van der Waals surface area contributed by atoms with Crippen molar-refractivity contribution in [3.05, 3.63) is 58.4 Å². The Kier molecular flexibility index (Phi) is 5.76. The number of aryl methyl sites for hydroxylation is 3. The maximum absolute atomic E-state index is 13.5. The minimum absolute atomic E-state index is 0. The molecule has 0 heterocycles. The van der Waals surface area contributed by atoms with Crippen molar-refractivity contribution in [1.29, 1.82) is 0 Å². The molecule has 0 saturated heterocycles. The Morgan fingerprint density at radius 2 is 1.80 bits per heavy atom. The van der Waals surface area contributed by atoms with Gasteiger partial charge in [0.2, 0.25) is 10.0 Å². The molecule has 1 aliphatic carbocycles. The molecule has 136 valence electrons. The molecule has 4 nitrogen and oxygen atoms in total. The van der Waals surface area contributed by atoms with E-state index < -0.39 is 15.8 Å². The van der Waals surface area contributed by atoms with Gasteiger partial charge in [-0.25, -0.2) is 17.5 Å². The van der Waals surface area contributed by atoms with Gasteiger partial charge in [0.1, 0.15) is 5.82 Å². The Morgan fingerprint density at radius 3 is 2.44 bits per heavy atom. The summed E-state index contributed by atoms with van der Waals surface area (Å²) in [5.41, 5.74) is 9.38. The van der Waals surface area contributed by atoms with Crippen molar-refractivity contribution in [3.63, 3.8) is 0 Å². The number of nitrogens with two attached hydrogens (primary N) is 1. The molecule has 0 fully saturated rings. The molecule has 2 aromatic carbocycles. The van der Waals surface area contributed by atoms with E-state index in [1.54, 1.807) is 19.9 Å². The lowest BCUT2D eigenvalue weighted by Gasteiger charge is -2.27. The first kappa shape index (κ1) is 19.7. The first-order valence-corrected chi connectivity index (χ1v) is 9.43. The van der Waals surface area contributed by atoms with Gasteiger partial charge in [0.05, 0.1) is 4.90 Å². The minimum atomic E-state index is -3.74. The number of hydrogen-bond donors (Lipinski definition) is 2. The van der Waals surface area contributed by atoms with Gasteiger partial charge in [0, 0.05) is 11.7 Å². The topological polar surface area (TPSA) is 72.2 Å². The fourth-order valence-electron chi connectivity index (χ4n) is 3.52. The van der Waals surface area contributed by atoms with Crippen LogP contribution < -0.4 is 10.5 Å². The standard InChI is InChI=1S/C18H21FN2O2S.ClH/c1-11-8-14(19)9-12(2)18(11)24(22,23)21-17-5-3-4-13-10-15(20)6-7-16(13)17;/h6-10,17,21H,3-5,20H2,1-2H3;1H. The molecule has 0 saturated carbocycles. The second-order valence-electron chi connectivity index (χ2n) is 6.39. The maximum atomic E-state index is 13.5. The second-order valence-corrected chi connectivity index (χ2v) is 8.04. The number of hydrogen-bond acceptors (Lipinski definition) is 3. The molecular formula is C18H22ClFN2O2S. The number of nitrogens with one attached hydrogen (secondary N) is 1. The first-order chi connectivity index (χ1) is 11.3. The van der Waals surface area contributed by atoms with Crippen LogP contribution in [0.3, 0.4) is 0 Å². The van der Waals surface area contributed by atoms with E-state index in [9.17, 15) is 12.8 Å². The molecule has 2 aromatic rings. The molecule has 1 atom stereocenters. The summed E-state index contributed by atoms with van der Waals surface area (Å²) in [7, 11) is -3.74. The highest BCUT2D eigenvalue weighted by Gasteiger charge is 2.28. The molecule has 0 bridgehead atoms. The van der Waals surface area contributed by atoms with Crippen LogP contribution in [-0.2, 0) is 16.4 Å². The van der Waals surface area contributed by atoms with Crippen molar-refractivity contribution in [1.82, 2.24) is 4.72 Å². The third-order valence-corrected chi connectivity index (χ3v) is 6.25. The number of benzene rings is 2. The molecule has 7 heteroatoms. The molecule has 1 aliphatic rings. The SMILES string of the molecule is Cc1cc(F)cc(C)c1S(=O)(=O)NC1CCCc2cc(N)ccc21.Cl. The van der Waals surface area contributed by atoms with E-state index in [1.807, 2.05) is 12.1 Å². The number of rotatable bonds is 3. The van der Waals surface area contributed by atoms with Gasteiger partial charge >= 0.3 is 0 Å². The molecule has 0 radical (unpaired) electrons. The van der Waals surface area contributed by atoms with Gasteiger partial charge in [0.25, 0.3) is 0 Å². The monoisotopic (exact) mass is 384 g/mol. The van der Waals surface area contributed by atoms with Crippen molar-refractivity contribution in [3.8, 4) is 0 Å². The zero-order valence-electron chi connectivity index (χ0n) is 14.2. The molecule has 1 unspecified atom stereocenters.